The molecule has 0 atom stereocenters. The Kier molecular flexibility index (Phi) is 5.43. The van der Waals surface area contributed by atoms with E-state index in [-0.39, 0.29) is 24.4 Å². The minimum atomic E-state index is -0.712. The van der Waals surface area contributed by atoms with E-state index in [0.29, 0.717) is 18.5 Å². The van der Waals surface area contributed by atoms with Crippen LogP contribution < -0.4 is 16.0 Å². The second kappa shape index (κ2) is 8.14. The first kappa shape index (κ1) is 18.7. The van der Waals surface area contributed by atoms with E-state index in [4.69, 9.17) is 0 Å². The number of nitrogens with one attached hydrogen (secondary N) is 3. The van der Waals surface area contributed by atoms with Gasteiger partial charge in [-0.2, -0.15) is 10.2 Å². The topological polar surface area (TPSA) is 106 Å². The summed E-state index contributed by atoms with van der Waals surface area (Å²) in [6.07, 6.45) is 12.6. The van der Waals surface area contributed by atoms with Gasteiger partial charge in [-0.05, 0) is 44.8 Å². The first-order chi connectivity index (χ1) is 13.7. The summed E-state index contributed by atoms with van der Waals surface area (Å²) in [4.78, 5) is 25.3. The van der Waals surface area contributed by atoms with Crippen LogP contribution in [0.2, 0.25) is 0 Å². The monoisotopic (exact) mass is 385 g/mol. The number of aromatic nitrogens is 4. The minimum absolute atomic E-state index is 0.0424. The molecule has 28 heavy (non-hydrogen) atoms. The minimum Gasteiger partial charge on any atom is -0.352 e. The molecule has 3 heterocycles. The number of carbonyl (C=O) groups excluding carboxylic acids is 2. The Hall–Kier alpha value is -2.68. The highest BCUT2D eigenvalue weighted by atomic mass is 16.2. The van der Waals surface area contributed by atoms with E-state index in [2.05, 4.69) is 26.1 Å². The zero-order chi connectivity index (χ0) is 19.4. The van der Waals surface area contributed by atoms with Crippen LogP contribution in [-0.2, 0) is 21.7 Å². The second-order valence-corrected chi connectivity index (χ2v) is 7.66. The van der Waals surface area contributed by atoms with Crippen molar-refractivity contribution in [1.82, 2.24) is 30.2 Å². The van der Waals surface area contributed by atoms with Crippen molar-refractivity contribution in [3.63, 3.8) is 0 Å². The first-order valence-corrected chi connectivity index (χ1v) is 10.00. The molecule has 0 aromatic carbocycles. The van der Waals surface area contributed by atoms with Crippen molar-refractivity contribution in [2.24, 2.45) is 0 Å². The van der Waals surface area contributed by atoms with E-state index in [1.54, 1.807) is 28.0 Å². The lowest BCUT2D eigenvalue weighted by Crippen LogP contribution is -2.52. The molecule has 4 rings (SSSR count). The van der Waals surface area contributed by atoms with Crippen molar-refractivity contribution in [3.05, 3.63) is 30.9 Å². The van der Waals surface area contributed by atoms with Gasteiger partial charge in [0.25, 0.3) is 5.91 Å². The Morgan fingerprint density at radius 2 is 2.00 bits per heavy atom. The Balaban J connectivity index is 1.39. The maximum absolute atomic E-state index is 13.1. The highest BCUT2D eigenvalue weighted by Gasteiger charge is 2.42. The van der Waals surface area contributed by atoms with Gasteiger partial charge in [0.15, 0.2) is 0 Å². The molecule has 1 aliphatic carbocycles. The molecule has 2 amide bonds. The standard InChI is InChI=1S/C19H27N7O2/c27-17(23-15-4-1-2-5-15)14-25-13-16(12-22-25)24-18(28)19(6-9-20-10-7-19)26-11-3-8-21-26/h3,8,11-13,15,20H,1-2,4-7,9-10,14H2,(H,23,27)(H,24,28). The summed E-state index contributed by atoms with van der Waals surface area (Å²) in [7, 11) is 0. The molecule has 0 unspecified atom stereocenters. The van der Waals surface area contributed by atoms with Gasteiger partial charge in [-0.1, -0.05) is 12.8 Å². The number of hydrogen-bond donors (Lipinski definition) is 3. The molecule has 0 spiro atoms. The van der Waals surface area contributed by atoms with Crippen molar-refractivity contribution in [3.8, 4) is 0 Å². The molecule has 2 aromatic heterocycles. The van der Waals surface area contributed by atoms with E-state index in [1.807, 2.05) is 12.3 Å². The lowest BCUT2D eigenvalue weighted by atomic mass is 9.87. The number of nitrogens with zero attached hydrogens (tertiary/aromatic N) is 4. The molecule has 9 nitrogen and oxygen atoms in total. The third kappa shape index (κ3) is 3.94. The maximum atomic E-state index is 13.1. The van der Waals surface area contributed by atoms with Gasteiger partial charge < -0.3 is 16.0 Å². The van der Waals surface area contributed by atoms with Crippen molar-refractivity contribution in [1.29, 1.82) is 0 Å². The Bertz CT molecular complexity index is 802. The predicted molar refractivity (Wildman–Crippen MR) is 104 cm³/mol. The van der Waals surface area contributed by atoms with E-state index in [1.165, 1.54) is 12.8 Å². The molecule has 0 radical (unpaired) electrons. The summed E-state index contributed by atoms with van der Waals surface area (Å²) in [5.41, 5.74) is -0.125. The van der Waals surface area contributed by atoms with Crippen molar-refractivity contribution < 1.29 is 9.59 Å². The Morgan fingerprint density at radius 3 is 2.71 bits per heavy atom. The number of carbonyl (C=O) groups is 2. The molecule has 1 saturated heterocycles. The van der Waals surface area contributed by atoms with Crippen LogP contribution in [0.15, 0.2) is 30.9 Å². The fraction of sp³-hybridized carbons (Fsp3) is 0.579. The molecule has 2 aliphatic rings. The fourth-order valence-corrected chi connectivity index (χ4v) is 4.18. The summed E-state index contributed by atoms with van der Waals surface area (Å²) < 4.78 is 3.31. The quantitative estimate of drug-likeness (QED) is 0.684. The highest BCUT2D eigenvalue weighted by Crippen LogP contribution is 2.28. The average molecular weight is 385 g/mol. The molecule has 1 saturated carbocycles. The van der Waals surface area contributed by atoms with Gasteiger partial charge in [-0.25, -0.2) is 0 Å². The van der Waals surface area contributed by atoms with Crippen LogP contribution in [0.25, 0.3) is 0 Å². The number of hydrogen-bond acceptors (Lipinski definition) is 5. The number of piperidine rings is 1. The van der Waals surface area contributed by atoms with E-state index in [9.17, 15) is 9.59 Å². The van der Waals surface area contributed by atoms with Gasteiger partial charge in [0.2, 0.25) is 5.91 Å². The van der Waals surface area contributed by atoms with Gasteiger partial charge in [0, 0.05) is 24.6 Å². The zero-order valence-corrected chi connectivity index (χ0v) is 15.9. The Labute approximate surface area is 163 Å². The predicted octanol–water partition coefficient (Wildman–Crippen LogP) is 0.856. The van der Waals surface area contributed by atoms with Crippen LogP contribution in [-0.4, -0.2) is 50.5 Å². The zero-order valence-electron chi connectivity index (χ0n) is 15.9. The van der Waals surface area contributed by atoms with Gasteiger partial charge in [-0.3, -0.25) is 19.0 Å². The lowest BCUT2D eigenvalue weighted by Gasteiger charge is -2.36. The third-order valence-electron chi connectivity index (χ3n) is 5.71. The fourth-order valence-electron chi connectivity index (χ4n) is 4.18. The Morgan fingerprint density at radius 1 is 1.21 bits per heavy atom. The van der Waals surface area contributed by atoms with Crippen LogP contribution in [0, 0.1) is 0 Å². The molecule has 9 heteroatoms. The number of anilines is 1. The normalized spacial score (nSPS) is 19.4. The smallest absolute Gasteiger partial charge is 0.252 e. The summed E-state index contributed by atoms with van der Waals surface area (Å²) in [5.74, 6) is -0.146. The molecule has 2 aromatic rings. The van der Waals surface area contributed by atoms with Gasteiger partial charge >= 0.3 is 0 Å². The van der Waals surface area contributed by atoms with Crippen molar-refractivity contribution in [2.75, 3.05) is 18.4 Å². The van der Waals surface area contributed by atoms with Crippen molar-refractivity contribution in [2.45, 2.75) is 56.7 Å². The molecule has 3 N–H and O–H groups in total. The first-order valence-electron chi connectivity index (χ1n) is 10.00. The van der Waals surface area contributed by atoms with E-state index >= 15 is 0 Å². The molecular weight excluding hydrogens is 358 g/mol. The van der Waals surface area contributed by atoms with Crippen LogP contribution in [0.4, 0.5) is 5.69 Å². The van der Waals surface area contributed by atoms with Gasteiger partial charge in [-0.15, -0.1) is 0 Å². The van der Waals surface area contributed by atoms with E-state index < -0.39 is 5.54 Å². The van der Waals surface area contributed by atoms with Crippen LogP contribution in [0.1, 0.15) is 38.5 Å². The summed E-state index contributed by atoms with van der Waals surface area (Å²) >= 11 is 0. The van der Waals surface area contributed by atoms with Crippen LogP contribution in [0.3, 0.4) is 0 Å². The maximum Gasteiger partial charge on any atom is 0.252 e. The summed E-state index contributed by atoms with van der Waals surface area (Å²) in [5, 5.41) is 17.8. The van der Waals surface area contributed by atoms with Crippen molar-refractivity contribution >= 4 is 17.5 Å². The molecule has 2 fully saturated rings. The molecule has 150 valence electrons. The molecule has 0 bridgehead atoms. The second-order valence-electron chi connectivity index (χ2n) is 7.66. The van der Waals surface area contributed by atoms with Crippen LogP contribution >= 0.6 is 0 Å². The highest BCUT2D eigenvalue weighted by molar-refractivity contribution is 5.96. The summed E-state index contributed by atoms with van der Waals surface area (Å²) in [6.45, 7) is 1.67. The average Bonchev–Trinajstić information content (AvgIpc) is 3.45. The molecule has 1 aliphatic heterocycles. The molecular formula is C19H27N7O2. The largest absolute Gasteiger partial charge is 0.352 e. The van der Waals surface area contributed by atoms with E-state index in [0.717, 1.165) is 25.9 Å². The number of rotatable bonds is 6. The van der Waals surface area contributed by atoms with Crippen LogP contribution in [0.5, 0.6) is 0 Å². The third-order valence-corrected chi connectivity index (χ3v) is 5.71. The SMILES string of the molecule is O=C(Cn1cc(NC(=O)C2(n3cccn3)CCNCC2)cn1)NC1CCCC1. The van der Waals surface area contributed by atoms with Gasteiger partial charge in [0.05, 0.1) is 11.9 Å². The van der Waals surface area contributed by atoms with Gasteiger partial charge in [0.1, 0.15) is 12.1 Å². The summed E-state index contributed by atoms with van der Waals surface area (Å²) in [6, 6.07) is 2.12. The lowest BCUT2D eigenvalue weighted by molar-refractivity contribution is -0.126. The number of amides is 2.